The molecule has 3 unspecified atom stereocenters. The van der Waals surface area contributed by atoms with Gasteiger partial charge in [0.25, 0.3) is 0 Å². The van der Waals surface area contributed by atoms with Gasteiger partial charge in [-0.05, 0) is 74.3 Å². The van der Waals surface area contributed by atoms with Crippen LogP contribution in [0.4, 0.5) is 13.2 Å². The van der Waals surface area contributed by atoms with Crippen LogP contribution in [0.15, 0.2) is 12.1 Å². The molecule has 1 aromatic carbocycles. The number of unbranched alkanes of at least 4 members (excludes halogenated alkanes) is 2. The summed E-state index contributed by atoms with van der Waals surface area (Å²) < 4.78 is 55.1. The van der Waals surface area contributed by atoms with E-state index < -0.39 is 17.8 Å². The fourth-order valence-corrected chi connectivity index (χ4v) is 5.63. The number of hydrogen-bond acceptors (Lipinski definition) is 2. The Balaban J connectivity index is 1.42. The molecular formula is C28H43F3O2. The van der Waals surface area contributed by atoms with Crippen LogP contribution in [0.3, 0.4) is 0 Å². The molecule has 0 bridgehead atoms. The van der Waals surface area contributed by atoms with E-state index in [4.69, 9.17) is 9.47 Å². The number of ether oxygens (including phenoxy) is 2. The predicted molar refractivity (Wildman–Crippen MR) is 128 cm³/mol. The third kappa shape index (κ3) is 7.90. The number of benzene rings is 1. The van der Waals surface area contributed by atoms with E-state index in [1.165, 1.54) is 44.6 Å². The van der Waals surface area contributed by atoms with Crippen LogP contribution in [0.1, 0.15) is 109 Å². The number of hydrogen-bond donors (Lipinski definition) is 0. The van der Waals surface area contributed by atoms with Gasteiger partial charge in [-0.25, -0.2) is 8.78 Å². The van der Waals surface area contributed by atoms with E-state index >= 15 is 0 Å². The second-order valence-electron chi connectivity index (χ2n) is 10.3. The molecule has 2 fully saturated rings. The van der Waals surface area contributed by atoms with Crippen molar-refractivity contribution in [3.8, 4) is 5.75 Å². The highest BCUT2D eigenvalue weighted by molar-refractivity contribution is 5.33. The lowest BCUT2D eigenvalue weighted by molar-refractivity contribution is -0.0361. The monoisotopic (exact) mass is 468 g/mol. The molecule has 1 saturated heterocycles. The standard InChI is InChI=1S/C28H43F3O2/c1-3-5-6-8-21-11-14-24(32-18-21)17-23(29)19-33-26-16-15-25(27(30)28(26)31)22-12-9-20(7-4-2)10-13-22/h15-16,20-24H,3-14,17-19H2,1-2H3. The summed E-state index contributed by atoms with van der Waals surface area (Å²) in [6.07, 6.45) is 12.0. The SMILES string of the molecule is CCCCCC1CCC(CC(F)COc2ccc(C3CCC(CCC)CC3)c(F)c2F)OC1. The average molecular weight is 469 g/mol. The first-order valence-electron chi connectivity index (χ1n) is 13.4. The Kier molecular flexibility index (Phi) is 10.9. The molecule has 188 valence electrons. The fraction of sp³-hybridized carbons (Fsp3) is 0.786. The molecule has 0 amide bonds. The quantitative estimate of drug-likeness (QED) is 0.286. The van der Waals surface area contributed by atoms with Crippen molar-refractivity contribution in [2.24, 2.45) is 11.8 Å². The summed E-state index contributed by atoms with van der Waals surface area (Å²) in [5.74, 6) is -0.655. The number of rotatable bonds is 12. The fourth-order valence-electron chi connectivity index (χ4n) is 5.63. The van der Waals surface area contributed by atoms with Gasteiger partial charge in [0, 0.05) is 13.0 Å². The molecule has 1 aliphatic carbocycles. The van der Waals surface area contributed by atoms with E-state index in [2.05, 4.69) is 13.8 Å². The van der Waals surface area contributed by atoms with Gasteiger partial charge >= 0.3 is 0 Å². The lowest BCUT2D eigenvalue weighted by atomic mass is 9.77. The third-order valence-electron chi connectivity index (χ3n) is 7.68. The Morgan fingerprint density at radius 2 is 1.67 bits per heavy atom. The maximum atomic E-state index is 14.8. The molecule has 0 radical (unpaired) electrons. The molecule has 33 heavy (non-hydrogen) atoms. The van der Waals surface area contributed by atoms with Crippen LogP contribution < -0.4 is 4.74 Å². The molecule has 2 nitrogen and oxygen atoms in total. The first-order chi connectivity index (χ1) is 16.0. The van der Waals surface area contributed by atoms with Gasteiger partial charge in [-0.3, -0.25) is 0 Å². The lowest BCUT2D eigenvalue weighted by Gasteiger charge is -2.30. The number of halogens is 3. The molecule has 3 atom stereocenters. The highest BCUT2D eigenvalue weighted by Crippen LogP contribution is 2.40. The van der Waals surface area contributed by atoms with Crippen molar-refractivity contribution in [1.82, 2.24) is 0 Å². The van der Waals surface area contributed by atoms with Crippen molar-refractivity contribution in [3.05, 3.63) is 29.3 Å². The van der Waals surface area contributed by atoms with Crippen molar-refractivity contribution in [2.45, 2.75) is 116 Å². The molecule has 1 heterocycles. The predicted octanol–water partition coefficient (Wildman–Crippen LogP) is 8.52. The maximum Gasteiger partial charge on any atom is 0.200 e. The van der Waals surface area contributed by atoms with Crippen molar-refractivity contribution in [2.75, 3.05) is 13.2 Å². The summed E-state index contributed by atoms with van der Waals surface area (Å²) in [4.78, 5) is 0. The third-order valence-corrected chi connectivity index (χ3v) is 7.68. The van der Waals surface area contributed by atoms with Crippen LogP contribution in [-0.2, 0) is 4.74 Å². The van der Waals surface area contributed by atoms with E-state index in [-0.39, 0.29) is 30.8 Å². The van der Waals surface area contributed by atoms with Crippen LogP contribution in [0.2, 0.25) is 0 Å². The van der Waals surface area contributed by atoms with Crippen LogP contribution in [0, 0.1) is 23.5 Å². The summed E-state index contributed by atoms with van der Waals surface area (Å²) in [6.45, 7) is 4.81. The van der Waals surface area contributed by atoms with E-state index in [9.17, 15) is 13.2 Å². The normalized spacial score (nSPS) is 26.8. The van der Waals surface area contributed by atoms with Gasteiger partial charge in [0.1, 0.15) is 12.8 Å². The molecule has 3 rings (SSSR count). The van der Waals surface area contributed by atoms with E-state index in [0.717, 1.165) is 38.5 Å². The topological polar surface area (TPSA) is 18.5 Å². The Morgan fingerprint density at radius 3 is 2.33 bits per heavy atom. The summed E-state index contributed by atoms with van der Waals surface area (Å²) in [5, 5.41) is 0. The number of alkyl halides is 1. The molecular weight excluding hydrogens is 425 g/mol. The zero-order chi connectivity index (χ0) is 23.6. The first-order valence-corrected chi connectivity index (χ1v) is 13.4. The molecule has 2 aliphatic rings. The maximum absolute atomic E-state index is 14.8. The van der Waals surface area contributed by atoms with Crippen LogP contribution in [0.25, 0.3) is 0 Å². The zero-order valence-electron chi connectivity index (χ0n) is 20.6. The van der Waals surface area contributed by atoms with Crippen LogP contribution in [-0.4, -0.2) is 25.5 Å². The van der Waals surface area contributed by atoms with Crippen LogP contribution in [0.5, 0.6) is 5.75 Å². The van der Waals surface area contributed by atoms with E-state index in [1.807, 2.05) is 0 Å². The van der Waals surface area contributed by atoms with Gasteiger partial charge in [0.2, 0.25) is 5.82 Å². The molecule has 1 saturated carbocycles. The van der Waals surface area contributed by atoms with Gasteiger partial charge in [-0.15, -0.1) is 0 Å². The highest BCUT2D eigenvalue weighted by atomic mass is 19.2. The first kappa shape index (κ1) is 26.4. The van der Waals surface area contributed by atoms with Gasteiger partial charge in [0.05, 0.1) is 6.10 Å². The molecule has 1 aromatic rings. The minimum atomic E-state index is -1.26. The smallest absolute Gasteiger partial charge is 0.200 e. The van der Waals surface area contributed by atoms with Crippen molar-refractivity contribution in [3.63, 3.8) is 0 Å². The van der Waals surface area contributed by atoms with E-state index in [1.54, 1.807) is 6.07 Å². The molecule has 5 heteroatoms. The van der Waals surface area contributed by atoms with Crippen molar-refractivity contribution in [1.29, 1.82) is 0 Å². The largest absolute Gasteiger partial charge is 0.487 e. The Bertz CT molecular complexity index is 695. The second kappa shape index (κ2) is 13.6. The Hall–Kier alpha value is -1.23. The molecule has 0 aromatic heterocycles. The van der Waals surface area contributed by atoms with Gasteiger partial charge in [-0.2, -0.15) is 4.39 Å². The summed E-state index contributed by atoms with van der Waals surface area (Å²) in [5.41, 5.74) is 0.440. The second-order valence-corrected chi connectivity index (χ2v) is 10.3. The summed E-state index contributed by atoms with van der Waals surface area (Å²) >= 11 is 0. The van der Waals surface area contributed by atoms with Crippen molar-refractivity contribution < 1.29 is 22.6 Å². The van der Waals surface area contributed by atoms with Crippen molar-refractivity contribution >= 4 is 0 Å². The zero-order valence-corrected chi connectivity index (χ0v) is 20.6. The minimum Gasteiger partial charge on any atom is -0.487 e. The van der Waals surface area contributed by atoms with Gasteiger partial charge < -0.3 is 9.47 Å². The summed E-state index contributed by atoms with van der Waals surface area (Å²) in [6, 6.07) is 3.10. The van der Waals surface area contributed by atoms with Gasteiger partial charge in [-0.1, -0.05) is 52.0 Å². The lowest BCUT2D eigenvalue weighted by Crippen LogP contribution is -2.30. The Morgan fingerprint density at radius 1 is 0.909 bits per heavy atom. The molecule has 1 aliphatic heterocycles. The molecule has 0 spiro atoms. The molecule has 0 N–H and O–H groups in total. The Labute approximate surface area is 198 Å². The van der Waals surface area contributed by atoms with Crippen LogP contribution >= 0.6 is 0 Å². The van der Waals surface area contributed by atoms with Gasteiger partial charge in [0.15, 0.2) is 11.6 Å². The summed E-state index contributed by atoms with van der Waals surface area (Å²) in [7, 11) is 0. The average Bonchev–Trinajstić information content (AvgIpc) is 2.82. The van der Waals surface area contributed by atoms with E-state index in [0.29, 0.717) is 24.0 Å². The highest BCUT2D eigenvalue weighted by Gasteiger charge is 2.27. The minimum absolute atomic E-state index is 0.0600.